The smallest absolute Gasteiger partial charge is 0 e. The molecule has 0 atom stereocenters. The van der Waals surface area contributed by atoms with Gasteiger partial charge in [0.15, 0.2) is 0 Å². The van der Waals surface area contributed by atoms with Gasteiger partial charge in [0.25, 0.3) is 0 Å². The molecule has 0 saturated carbocycles. The van der Waals surface area contributed by atoms with Gasteiger partial charge in [-0.3, -0.25) is 0 Å². The van der Waals surface area contributed by atoms with Crippen molar-refractivity contribution in [3.63, 3.8) is 0 Å². The van der Waals surface area contributed by atoms with Crippen LogP contribution in [0.2, 0.25) is 0 Å². The zero-order valence-corrected chi connectivity index (χ0v) is 39.3. The van der Waals surface area contributed by atoms with Crippen LogP contribution in [0.25, 0.3) is 0 Å². The maximum atomic E-state index is 2.46. The Morgan fingerprint density at radius 1 is 0.214 bits per heavy atom. The third-order valence-corrected chi connectivity index (χ3v) is 54.0. The van der Waals surface area contributed by atoms with Crippen LogP contribution in [0.5, 0.6) is 0 Å². The number of hydrogen-bond acceptors (Lipinski definition) is 24. The fourth-order valence-corrected chi connectivity index (χ4v) is 66.1. The van der Waals surface area contributed by atoms with Gasteiger partial charge in [-0.05, 0) is 0 Å². The molecule has 0 spiro atoms. The maximum Gasteiger partial charge on any atom is 0 e. The van der Waals surface area contributed by atoms with E-state index in [1.165, 1.54) is 0 Å². The summed E-state index contributed by atoms with van der Waals surface area (Å²) in [6.07, 6.45) is 0. The molecular formula is AsI3S24. The normalized spacial score (nSPS) is 21.9. The minimum Gasteiger partial charge on any atom is 0 e. The summed E-state index contributed by atoms with van der Waals surface area (Å²) in [6, 6.07) is 0. The minimum atomic E-state index is -0.278. The molecule has 0 amide bonds. The molecule has 0 aliphatic carbocycles. The first kappa shape index (κ1) is 39.1. The number of rotatable bonds is 0. The third-order valence-electron chi connectivity index (χ3n) is 0.667. The van der Waals surface area contributed by atoms with E-state index in [4.69, 9.17) is 0 Å². The molecule has 0 aromatic rings. The summed E-state index contributed by atoms with van der Waals surface area (Å²) in [5, 5.41) is 0. The Hall–Kier alpha value is 11.1. The van der Waals surface area contributed by atoms with Crippen molar-refractivity contribution in [3.8, 4) is 0 Å². The second kappa shape index (κ2) is 36.2. The summed E-state index contributed by atoms with van der Waals surface area (Å²) in [5.41, 5.74) is 0. The van der Waals surface area contributed by atoms with Crippen LogP contribution in [-0.2, 0) is 0 Å². The van der Waals surface area contributed by atoms with Gasteiger partial charge in [0.05, 0.1) is 0 Å². The van der Waals surface area contributed by atoms with Crippen LogP contribution < -0.4 is 0 Å². The Kier molecular flexibility index (Phi) is 50.6. The van der Waals surface area contributed by atoms with Gasteiger partial charge in [0.2, 0.25) is 0 Å². The summed E-state index contributed by atoms with van der Waals surface area (Å²) >= 11 is 7.39. The SMILES string of the molecule is I[As](I)I.S1SSSSSSS1.S1SSSSSSS1.S1SSSSSSS1. The maximum absolute atomic E-state index is 2.46. The summed E-state index contributed by atoms with van der Waals surface area (Å²) in [6.45, 7) is 0. The van der Waals surface area contributed by atoms with Crippen LogP contribution in [0.15, 0.2) is 0 Å². The van der Waals surface area contributed by atoms with E-state index in [-0.39, 0.29) is 4.61 Å². The molecule has 28 heteroatoms. The fourth-order valence-electron chi connectivity index (χ4n) is 0.272. The van der Waals surface area contributed by atoms with Crippen molar-refractivity contribution in [3.05, 3.63) is 0 Å². The van der Waals surface area contributed by atoms with E-state index in [0.717, 1.165) is 0 Å². The van der Waals surface area contributed by atoms with Crippen LogP contribution in [0.1, 0.15) is 0 Å². The number of halogens is 3. The fraction of sp³-hybridized carbons (Fsp3) is 0. The molecule has 170 valence electrons. The quantitative estimate of drug-likeness (QED) is 0.128. The van der Waals surface area contributed by atoms with Gasteiger partial charge < -0.3 is 0 Å². The van der Waals surface area contributed by atoms with Crippen LogP contribution in [0.4, 0.5) is 0 Å². The molecule has 0 N–H and O–H groups in total. The first-order valence-corrected chi connectivity index (χ1v) is 53.7. The summed E-state index contributed by atoms with van der Waals surface area (Å²) < 4.78 is -0.278. The topological polar surface area (TPSA) is 0 Å². The second-order valence-electron chi connectivity index (χ2n) is 1.82. The summed E-state index contributed by atoms with van der Waals surface area (Å²) in [4.78, 5) is 0. The molecule has 0 bridgehead atoms. The second-order valence-corrected chi connectivity index (χ2v) is 88.9. The van der Waals surface area contributed by atoms with Gasteiger partial charge in [0, 0.05) is 236 Å². The van der Waals surface area contributed by atoms with E-state index >= 15 is 0 Å². The van der Waals surface area contributed by atoms with Crippen molar-refractivity contribution < 1.29 is 0 Å². The van der Waals surface area contributed by atoms with E-state index in [0.29, 0.717) is 0 Å². The van der Waals surface area contributed by atoms with E-state index in [2.05, 4.69) is 60.4 Å². The minimum absolute atomic E-state index is 0.278. The van der Waals surface area contributed by atoms with E-state index < -0.39 is 0 Å². The molecular weight excluding hydrogens is 1230 g/mol. The zero-order chi connectivity index (χ0) is 20.5. The molecule has 3 saturated heterocycles. The van der Waals surface area contributed by atoms with Gasteiger partial charge in [-0.1, -0.05) is 0 Å². The van der Waals surface area contributed by atoms with Crippen molar-refractivity contribution in [2.24, 2.45) is 0 Å². The van der Waals surface area contributed by atoms with Crippen LogP contribution >= 0.6 is 296 Å². The Morgan fingerprint density at radius 2 is 0.250 bits per heavy atom. The zero-order valence-electron chi connectivity index (χ0n) is 11.4. The van der Waals surface area contributed by atoms with Crippen molar-refractivity contribution in [1.29, 1.82) is 0 Å². The average Bonchev–Trinajstić information content (AvgIpc) is 2.53. The molecule has 3 heterocycles. The van der Waals surface area contributed by atoms with Crippen molar-refractivity contribution in [2.45, 2.75) is 0 Å². The predicted octanol–water partition coefficient (Wildman–Crippen LogP) is 17.8. The van der Waals surface area contributed by atoms with E-state index in [9.17, 15) is 0 Å². The predicted molar refractivity (Wildman–Crippen MR) is 230 cm³/mol. The first-order chi connectivity index (χ1) is 13.7. The molecule has 0 aromatic carbocycles. The molecule has 3 aliphatic heterocycles. The van der Waals surface area contributed by atoms with Gasteiger partial charge >= 0.3 is 65.0 Å². The Morgan fingerprint density at radius 3 is 0.286 bits per heavy atom. The van der Waals surface area contributed by atoms with Crippen LogP contribution in [0.3, 0.4) is 0 Å². The summed E-state index contributed by atoms with van der Waals surface area (Å²) in [7, 11) is 44.0. The van der Waals surface area contributed by atoms with Gasteiger partial charge in [-0.2, -0.15) is 0 Å². The molecule has 3 rings (SSSR count). The van der Waals surface area contributed by atoms with Crippen molar-refractivity contribution in [1.82, 2.24) is 0 Å². The van der Waals surface area contributed by atoms with Crippen LogP contribution in [-0.4, -0.2) is 4.61 Å². The summed E-state index contributed by atoms with van der Waals surface area (Å²) in [5.74, 6) is 0. The van der Waals surface area contributed by atoms with E-state index in [1.54, 1.807) is 0 Å². The first-order valence-electron chi connectivity index (χ1n) is 4.51. The molecule has 0 radical (unpaired) electrons. The number of hydrogen-bond donors (Lipinski definition) is 0. The standard InChI is InChI=1S/AsI3.3S8/c2-1(3)4;3*1-2-4-6-8-7-5-3-1. The van der Waals surface area contributed by atoms with Crippen molar-refractivity contribution in [2.75, 3.05) is 0 Å². The molecule has 3 aliphatic rings. The molecule has 0 unspecified atom stereocenters. The van der Waals surface area contributed by atoms with Gasteiger partial charge in [-0.25, -0.2) is 0 Å². The largest absolute Gasteiger partial charge is 0 e. The van der Waals surface area contributed by atoms with Gasteiger partial charge in [-0.15, -0.1) is 0 Å². The Balaban J connectivity index is 0.000000358. The monoisotopic (exact) mass is 1220 g/mol. The average molecular weight is 1230 g/mol. The molecule has 3 fully saturated rings. The van der Waals surface area contributed by atoms with E-state index in [1.807, 2.05) is 236 Å². The third kappa shape index (κ3) is 39.3. The van der Waals surface area contributed by atoms with Crippen LogP contribution in [0, 0.1) is 0 Å². The molecule has 28 heavy (non-hydrogen) atoms. The Labute approximate surface area is 292 Å². The van der Waals surface area contributed by atoms with Gasteiger partial charge in [0.1, 0.15) is 0 Å². The molecule has 0 aromatic heterocycles. The Bertz CT molecular complexity index is 162. The van der Waals surface area contributed by atoms with Crippen molar-refractivity contribution >= 4 is 301 Å². The molecule has 0 nitrogen and oxygen atoms in total.